The Balaban J connectivity index is 0.000000525. The van der Waals surface area contributed by atoms with Crippen LogP contribution in [0.1, 0.15) is 158 Å². The first kappa shape index (κ1) is 48.8. The van der Waals surface area contributed by atoms with E-state index >= 15 is 0 Å². The molecule has 0 saturated heterocycles. The van der Waals surface area contributed by atoms with Gasteiger partial charge in [0, 0.05) is 0 Å². The molecular weight excluding hydrogens is 686 g/mol. The summed E-state index contributed by atoms with van der Waals surface area (Å²) in [6, 6.07) is 19.4. The van der Waals surface area contributed by atoms with Gasteiger partial charge < -0.3 is 22.6 Å². The second-order valence-electron chi connectivity index (χ2n) is 14.1. The minimum absolute atomic E-state index is 0.550. The molecule has 0 aliphatic carbocycles. The average Bonchev–Trinajstić information content (AvgIpc) is 3.18. The largest absolute Gasteiger partial charge is 0.463 e. The quantitative estimate of drug-likeness (QED) is 0.0692. The van der Waals surface area contributed by atoms with E-state index in [9.17, 15) is 0 Å². The summed E-state index contributed by atoms with van der Waals surface area (Å²) in [5.74, 6) is 3.96. The van der Waals surface area contributed by atoms with Gasteiger partial charge >= 0.3 is 17.2 Å². The third kappa shape index (κ3) is 24.9. The second kappa shape index (κ2) is 34.2. The van der Waals surface area contributed by atoms with Crippen LogP contribution in [-0.4, -0.2) is 26.4 Å². The first-order valence-corrected chi connectivity index (χ1v) is 23.2. The van der Waals surface area contributed by atoms with Gasteiger partial charge in [-0.05, 0) is 73.6 Å². The van der Waals surface area contributed by atoms with Gasteiger partial charge in [0.15, 0.2) is 0 Å². The molecule has 0 aliphatic heterocycles. The summed E-state index contributed by atoms with van der Waals surface area (Å²) < 4.78 is 36.5. The normalized spacial score (nSPS) is 14.2. The molecule has 4 unspecified atom stereocenters. The number of hydrogen-bond acceptors (Lipinski definition) is 6. The van der Waals surface area contributed by atoms with Gasteiger partial charge in [-0.3, -0.25) is 4.52 Å². The highest BCUT2D eigenvalue weighted by Gasteiger charge is 2.21. The maximum atomic E-state index is 6.21. The first-order chi connectivity index (χ1) is 25.5. The maximum absolute atomic E-state index is 6.21. The Kier molecular flexibility index (Phi) is 32.1. The molecule has 0 spiro atoms. The van der Waals surface area contributed by atoms with Gasteiger partial charge in [0.1, 0.15) is 11.5 Å². The van der Waals surface area contributed by atoms with Crippen molar-refractivity contribution in [2.24, 2.45) is 23.7 Å². The molecule has 0 aromatic heterocycles. The first-order valence-electron chi connectivity index (χ1n) is 21.0. The van der Waals surface area contributed by atoms with Crippen LogP contribution in [0.5, 0.6) is 11.5 Å². The summed E-state index contributed by atoms with van der Waals surface area (Å²) in [4.78, 5) is 0. The molecule has 6 nitrogen and oxygen atoms in total. The van der Waals surface area contributed by atoms with Gasteiger partial charge in [0.05, 0.1) is 26.4 Å². The van der Waals surface area contributed by atoms with Crippen LogP contribution in [0.2, 0.25) is 0 Å². The predicted octanol–water partition coefficient (Wildman–Crippen LogP) is 15.5. The van der Waals surface area contributed by atoms with Crippen LogP contribution in [0.3, 0.4) is 0 Å². The minimum Gasteiger partial charge on any atom is -0.418 e. The molecule has 0 radical (unpaired) electrons. The van der Waals surface area contributed by atoms with Crippen molar-refractivity contribution in [2.75, 3.05) is 26.4 Å². The molecule has 2 rings (SSSR count). The molecule has 2 aromatic rings. The van der Waals surface area contributed by atoms with E-state index in [1.807, 2.05) is 60.7 Å². The number of para-hydroxylation sites is 2. The third-order valence-corrected chi connectivity index (χ3v) is 11.8. The highest BCUT2D eigenvalue weighted by molar-refractivity contribution is 7.42. The monoisotopic (exact) mass is 765 g/mol. The van der Waals surface area contributed by atoms with Gasteiger partial charge in [-0.2, -0.15) is 0 Å². The van der Waals surface area contributed by atoms with Crippen LogP contribution in [0, 0.1) is 23.7 Å². The Hall–Kier alpha value is -1.26. The standard InChI is InChI=1S/C24H51O3P.C20H27O3P/c1-7-13-16-22(10-4)19-25-28(26-20-23(11-5)17-14-8-2)27-21-24(12-6)18-15-9-3;1-3-5-12-18(4-2)17-21-24(22-19-13-8-6-9-14-19)23-20-15-10-7-11-16-20/h22-24H,7-21H2,1-6H3;6-11,13-16,18H,3-5,12,17H2,1-2H3. The third-order valence-electron chi connectivity index (χ3n) is 9.68. The molecule has 0 fully saturated rings. The predicted molar refractivity (Wildman–Crippen MR) is 225 cm³/mol. The fourth-order valence-electron chi connectivity index (χ4n) is 5.58. The van der Waals surface area contributed by atoms with Crippen molar-refractivity contribution in [1.82, 2.24) is 0 Å². The topological polar surface area (TPSA) is 55.4 Å². The summed E-state index contributed by atoms with van der Waals surface area (Å²) in [5, 5.41) is 0. The summed E-state index contributed by atoms with van der Waals surface area (Å²) in [5.41, 5.74) is 0. The lowest BCUT2D eigenvalue weighted by molar-refractivity contribution is 0.110. The fraction of sp³-hybridized carbons (Fsp3) is 0.727. The molecule has 0 saturated carbocycles. The SMILES string of the molecule is CCCCC(CC)COP(OCC(CC)CCCC)OCC(CC)CCCC.CCCCC(CC)COP(Oc1ccccc1)Oc1ccccc1. The van der Waals surface area contributed by atoms with Crippen LogP contribution in [0.25, 0.3) is 0 Å². The Labute approximate surface area is 323 Å². The molecule has 0 amide bonds. The highest BCUT2D eigenvalue weighted by atomic mass is 31.2. The molecule has 0 heterocycles. The van der Waals surface area contributed by atoms with E-state index in [2.05, 4.69) is 55.4 Å². The zero-order valence-corrected chi connectivity index (χ0v) is 36.4. The Morgan fingerprint density at radius 3 is 0.904 bits per heavy atom. The Morgan fingerprint density at radius 2 is 0.654 bits per heavy atom. The zero-order valence-electron chi connectivity index (χ0n) is 34.6. The van der Waals surface area contributed by atoms with Crippen LogP contribution in [-0.2, 0) is 18.1 Å². The molecule has 8 heteroatoms. The molecule has 0 bridgehead atoms. The molecule has 2 aromatic carbocycles. The number of unbranched alkanes of at least 4 members (excludes halogenated alkanes) is 4. The molecule has 52 heavy (non-hydrogen) atoms. The van der Waals surface area contributed by atoms with Gasteiger partial charge in [0.25, 0.3) is 0 Å². The van der Waals surface area contributed by atoms with Crippen molar-refractivity contribution >= 4 is 17.2 Å². The van der Waals surface area contributed by atoms with E-state index in [4.69, 9.17) is 27.1 Å². The van der Waals surface area contributed by atoms with Crippen molar-refractivity contribution < 1.29 is 27.1 Å². The van der Waals surface area contributed by atoms with E-state index in [0.29, 0.717) is 30.3 Å². The lowest BCUT2D eigenvalue weighted by Gasteiger charge is -2.24. The molecular formula is C44H78O6P2. The summed E-state index contributed by atoms with van der Waals surface area (Å²) in [6.45, 7) is 21.0. The lowest BCUT2D eigenvalue weighted by Crippen LogP contribution is -2.13. The van der Waals surface area contributed by atoms with Crippen molar-refractivity contribution in [3.05, 3.63) is 60.7 Å². The average molecular weight is 765 g/mol. The van der Waals surface area contributed by atoms with Gasteiger partial charge in [-0.15, -0.1) is 0 Å². The highest BCUT2D eigenvalue weighted by Crippen LogP contribution is 2.43. The smallest absolute Gasteiger partial charge is 0.418 e. The molecule has 0 aliphatic rings. The van der Waals surface area contributed by atoms with E-state index in [0.717, 1.165) is 37.7 Å². The molecule has 300 valence electrons. The fourth-order valence-corrected chi connectivity index (χ4v) is 7.86. The Bertz CT molecular complexity index is 927. The van der Waals surface area contributed by atoms with Crippen LogP contribution >= 0.6 is 17.2 Å². The minimum atomic E-state index is -1.47. The van der Waals surface area contributed by atoms with Crippen molar-refractivity contribution in [3.63, 3.8) is 0 Å². The summed E-state index contributed by atoms with van der Waals surface area (Å²) in [6.07, 6.45) is 19.6. The van der Waals surface area contributed by atoms with Crippen LogP contribution in [0.4, 0.5) is 0 Å². The number of benzene rings is 2. The van der Waals surface area contributed by atoms with Crippen molar-refractivity contribution in [1.29, 1.82) is 0 Å². The summed E-state index contributed by atoms with van der Waals surface area (Å²) >= 11 is 0. The van der Waals surface area contributed by atoms with E-state index in [1.165, 1.54) is 96.3 Å². The maximum Gasteiger partial charge on any atom is 0.463 e. The Morgan fingerprint density at radius 1 is 0.385 bits per heavy atom. The number of hydrogen-bond donors (Lipinski definition) is 0. The van der Waals surface area contributed by atoms with E-state index in [1.54, 1.807) is 0 Å². The van der Waals surface area contributed by atoms with Gasteiger partial charge in [0.2, 0.25) is 0 Å². The lowest BCUT2D eigenvalue weighted by atomic mass is 10.0. The van der Waals surface area contributed by atoms with Crippen molar-refractivity contribution in [2.45, 2.75) is 158 Å². The van der Waals surface area contributed by atoms with E-state index < -0.39 is 17.2 Å². The zero-order chi connectivity index (χ0) is 38.1. The van der Waals surface area contributed by atoms with Crippen LogP contribution in [0.15, 0.2) is 60.7 Å². The van der Waals surface area contributed by atoms with Gasteiger partial charge in [-0.1, -0.05) is 169 Å². The number of rotatable bonds is 32. The second-order valence-corrected chi connectivity index (χ2v) is 16.4. The van der Waals surface area contributed by atoms with E-state index in [-0.39, 0.29) is 0 Å². The summed E-state index contributed by atoms with van der Waals surface area (Å²) in [7, 11) is -2.69. The van der Waals surface area contributed by atoms with Crippen molar-refractivity contribution in [3.8, 4) is 11.5 Å². The molecule has 0 N–H and O–H groups in total. The van der Waals surface area contributed by atoms with Gasteiger partial charge in [-0.25, -0.2) is 0 Å². The van der Waals surface area contributed by atoms with Crippen LogP contribution < -0.4 is 9.05 Å². The molecule has 4 atom stereocenters.